The van der Waals surface area contributed by atoms with Gasteiger partial charge in [0, 0.05) is 24.6 Å². The highest BCUT2D eigenvalue weighted by atomic mass is 16.1. The highest BCUT2D eigenvalue weighted by Crippen LogP contribution is 2.11. The maximum absolute atomic E-state index is 11.6. The molecule has 0 aliphatic carbocycles. The van der Waals surface area contributed by atoms with Gasteiger partial charge in [0.15, 0.2) is 5.78 Å². The van der Waals surface area contributed by atoms with Crippen LogP contribution in [0.25, 0.3) is 0 Å². The SMILES string of the molecule is O=C(c1ccccc1)C1CNC1. The predicted molar refractivity (Wildman–Crippen MR) is 47.1 cm³/mol. The molecule has 0 amide bonds. The highest BCUT2D eigenvalue weighted by molar-refractivity contribution is 5.98. The predicted octanol–water partition coefficient (Wildman–Crippen LogP) is 1.09. The monoisotopic (exact) mass is 161 g/mol. The summed E-state index contributed by atoms with van der Waals surface area (Å²) in [6, 6.07) is 9.48. The van der Waals surface area contributed by atoms with E-state index < -0.39 is 0 Å². The Labute approximate surface area is 71.6 Å². The van der Waals surface area contributed by atoms with Crippen LogP contribution in [-0.4, -0.2) is 18.9 Å². The van der Waals surface area contributed by atoms with Crippen LogP contribution in [0.1, 0.15) is 10.4 Å². The van der Waals surface area contributed by atoms with Crippen molar-refractivity contribution in [3.63, 3.8) is 0 Å². The van der Waals surface area contributed by atoms with Gasteiger partial charge in [-0.05, 0) is 0 Å². The molecular weight excluding hydrogens is 150 g/mol. The lowest BCUT2D eigenvalue weighted by atomic mass is 9.93. The molecule has 1 aromatic carbocycles. The summed E-state index contributed by atoms with van der Waals surface area (Å²) >= 11 is 0. The Balaban J connectivity index is 2.14. The van der Waals surface area contributed by atoms with E-state index in [1.807, 2.05) is 30.3 Å². The Kier molecular flexibility index (Phi) is 1.92. The van der Waals surface area contributed by atoms with Crippen LogP contribution in [0.5, 0.6) is 0 Å². The molecule has 2 rings (SSSR count). The molecular formula is C10H11NO. The summed E-state index contributed by atoms with van der Waals surface area (Å²) < 4.78 is 0. The summed E-state index contributed by atoms with van der Waals surface area (Å²) in [7, 11) is 0. The van der Waals surface area contributed by atoms with Crippen molar-refractivity contribution in [3.05, 3.63) is 35.9 Å². The lowest BCUT2D eigenvalue weighted by Crippen LogP contribution is -2.46. The Hall–Kier alpha value is -1.15. The number of Topliss-reactive ketones (excluding diaryl/α,β-unsaturated/α-hetero) is 1. The maximum Gasteiger partial charge on any atom is 0.168 e. The van der Waals surface area contributed by atoms with Crippen LogP contribution >= 0.6 is 0 Å². The molecule has 0 bridgehead atoms. The number of carbonyl (C=O) groups is 1. The molecule has 12 heavy (non-hydrogen) atoms. The van der Waals surface area contributed by atoms with Crippen molar-refractivity contribution < 1.29 is 4.79 Å². The van der Waals surface area contributed by atoms with Crippen molar-refractivity contribution >= 4 is 5.78 Å². The zero-order chi connectivity index (χ0) is 8.39. The van der Waals surface area contributed by atoms with E-state index in [2.05, 4.69) is 5.32 Å². The smallest absolute Gasteiger partial charge is 0.168 e. The third kappa shape index (κ3) is 1.25. The summed E-state index contributed by atoms with van der Waals surface area (Å²) in [5, 5.41) is 3.09. The molecule has 0 saturated carbocycles. The summed E-state index contributed by atoms with van der Waals surface area (Å²) in [5.74, 6) is 0.488. The van der Waals surface area contributed by atoms with Crippen LogP contribution in [0.2, 0.25) is 0 Å². The number of hydrogen-bond donors (Lipinski definition) is 1. The van der Waals surface area contributed by atoms with E-state index in [1.165, 1.54) is 0 Å². The number of ketones is 1. The van der Waals surface area contributed by atoms with Crippen molar-refractivity contribution in [2.45, 2.75) is 0 Å². The summed E-state index contributed by atoms with van der Waals surface area (Å²) in [6.45, 7) is 1.68. The Morgan fingerprint density at radius 1 is 1.25 bits per heavy atom. The molecule has 1 aliphatic rings. The molecule has 1 saturated heterocycles. The van der Waals surface area contributed by atoms with Gasteiger partial charge in [0.25, 0.3) is 0 Å². The first kappa shape index (κ1) is 7.50. The highest BCUT2D eigenvalue weighted by Gasteiger charge is 2.25. The molecule has 1 fully saturated rings. The Morgan fingerprint density at radius 2 is 1.92 bits per heavy atom. The van der Waals surface area contributed by atoms with Crippen LogP contribution in [0.15, 0.2) is 30.3 Å². The minimum atomic E-state index is 0.215. The second-order valence-electron chi connectivity index (χ2n) is 3.09. The first-order chi connectivity index (χ1) is 5.88. The molecule has 0 radical (unpaired) electrons. The Morgan fingerprint density at radius 3 is 2.42 bits per heavy atom. The number of nitrogens with one attached hydrogen (secondary N) is 1. The molecule has 1 heterocycles. The molecule has 1 N–H and O–H groups in total. The fourth-order valence-corrected chi connectivity index (χ4v) is 1.31. The second kappa shape index (κ2) is 3.07. The van der Waals surface area contributed by atoms with Crippen molar-refractivity contribution in [2.24, 2.45) is 5.92 Å². The Bertz CT molecular complexity index is 277. The van der Waals surface area contributed by atoms with Crippen LogP contribution in [-0.2, 0) is 0 Å². The van der Waals surface area contributed by atoms with Gasteiger partial charge in [-0.3, -0.25) is 4.79 Å². The van der Waals surface area contributed by atoms with Gasteiger partial charge in [0.05, 0.1) is 0 Å². The molecule has 1 aliphatic heterocycles. The topological polar surface area (TPSA) is 29.1 Å². The van der Waals surface area contributed by atoms with Crippen molar-refractivity contribution in [2.75, 3.05) is 13.1 Å². The lowest BCUT2D eigenvalue weighted by molar-refractivity contribution is 0.0878. The van der Waals surface area contributed by atoms with Gasteiger partial charge in [-0.15, -0.1) is 0 Å². The van der Waals surface area contributed by atoms with Crippen molar-refractivity contribution in [1.29, 1.82) is 0 Å². The number of rotatable bonds is 2. The third-order valence-corrected chi connectivity index (χ3v) is 2.21. The summed E-state index contributed by atoms with van der Waals surface area (Å²) in [5.41, 5.74) is 0.837. The molecule has 0 atom stereocenters. The zero-order valence-corrected chi connectivity index (χ0v) is 6.79. The van der Waals surface area contributed by atoms with Crippen LogP contribution in [0.4, 0.5) is 0 Å². The van der Waals surface area contributed by atoms with Gasteiger partial charge in [-0.2, -0.15) is 0 Å². The minimum absolute atomic E-state index is 0.215. The molecule has 0 spiro atoms. The molecule has 0 unspecified atom stereocenters. The fourth-order valence-electron chi connectivity index (χ4n) is 1.31. The molecule has 0 aromatic heterocycles. The van der Waals surface area contributed by atoms with Crippen molar-refractivity contribution in [1.82, 2.24) is 5.32 Å². The molecule has 2 nitrogen and oxygen atoms in total. The van der Waals surface area contributed by atoms with Gasteiger partial charge in [-0.1, -0.05) is 30.3 Å². The van der Waals surface area contributed by atoms with E-state index in [1.54, 1.807) is 0 Å². The number of benzene rings is 1. The first-order valence-electron chi connectivity index (χ1n) is 4.18. The number of carbonyl (C=O) groups excluding carboxylic acids is 1. The standard InChI is InChI=1S/C10H11NO/c12-10(9-6-11-7-9)8-4-2-1-3-5-8/h1-5,9,11H,6-7H2. The zero-order valence-electron chi connectivity index (χ0n) is 6.79. The van der Waals surface area contributed by atoms with E-state index >= 15 is 0 Å². The van der Waals surface area contributed by atoms with Crippen molar-refractivity contribution in [3.8, 4) is 0 Å². The van der Waals surface area contributed by atoms with E-state index in [9.17, 15) is 4.79 Å². The summed E-state index contributed by atoms with van der Waals surface area (Å²) in [6.07, 6.45) is 0. The second-order valence-corrected chi connectivity index (χ2v) is 3.09. The first-order valence-corrected chi connectivity index (χ1v) is 4.18. The van der Waals surface area contributed by atoms with Gasteiger partial charge in [0.1, 0.15) is 0 Å². The van der Waals surface area contributed by atoms with Gasteiger partial charge in [0.2, 0.25) is 0 Å². The van der Waals surface area contributed by atoms with E-state index in [4.69, 9.17) is 0 Å². The van der Waals surface area contributed by atoms with E-state index in [0.29, 0.717) is 0 Å². The van der Waals surface area contributed by atoms with Crippen LogP contribution < -0.4 is 5.32 Å². The molecule has 62 valence electrons. The van der Waals surface area contributed by atoms with Gasteiger partial charge < -0.3 is 5.32 Å². The van der Waals surface area contributed by atoms with Gasteiger partial charge >= 0.3 is 0 Å². The largest absolute Gasteiger partial charge is 0.315 e. The number of hydrogen-bond acceptors (Lipinski definition) is 2. The maximum atomic E-state index is 11.6. The molecule has 2 heteroatoms. The fraction of sp³-hybridized carbons (Fsp3) is 0.300. The average molecular weight is 161 g/mol. The molecule has 1 aromatic rings. The van der Waals surface area contributed by atoms with Crippen LogP contribution in [0.3, 0.4) is 0 Å². The van der Waals surface area contributed by atoms with Crippen LogP contribution in [0, 0.1) is 5.92 Å². The third-order valence-electron chi connectivity index (χ3n) is 2.21. The normalized spacial score (nSPS) is 17.0. The van der Waals surface area contributed by atoms with E-state index in [-0.39, 0.29) is 11.7 Å². The van der Waals surface area contributed by atoms with E-state index in [0.717, 1.165) is 18.7 Å². The lowest BCUT2D eigenvalue weighted by Gasteiger charge is -2.25. The minimum Gasteiger partial charge on any atom is -0.315 e. The average Bonchev–Trinajstić information content (AvgIpc) is 2.03. The van der Waals surface area contributed by atoms with Gasteiger partial charge in [-0.25, -0.2) is 0 Å². The summed E-state index contributed by atoms with van der Waals surface area (Å²) in [4.78, 5) is 11.6. The quantitative estimate of drug-likeness (QED) is 0.658.